The van der Waals surface area contributed by atoms with Crippen molar-refractivity contribution in [1.29, 1.82) is 0 Å². The lowest BCUT2D eigenvalue weighted by molar-refractivity contribution is 0.180. The lowest BCUT2D eigenvalue weighted by Gasteiger charge is -2.33. The number of ether oxygens (including phenoxy) is 2. The number of likely N-dealkylation sites (tertiary alicyclic amines) is 1. The number of nitrogens with zero attached hydrogens (tertiary/aromatic N) is 1. The normalized spacial score (nSPS) is 17.8. The van der Waals surface area contributed by atoms with E-state index in [1.807, 2.05) is 18.2 Å². The maximum absolute atomic E-state index is 5.99. The monoisotopic (exact) mass is 388 g/mol. The zero-order chi connectivity index (χ0) is 19.1. The third-order valence-corrected chi connectivity index (χ3v) is 5.32. The lowest BCUT2D eigenvalue weighted by Crippen LogP contribution is -2.45. The maximum atomic E-state index is 5.99. The zero-order valence-corrected chi connectivity index (χ0v) is 17.0. The zero-order valence-electron chi connectivity index (χ0n) is 16.2. The molecule has 27 heavy (non-hydrogen) atoms. The molecule has 0 amide bonds. The Morgan fingerprint density at radius 2 is 1.89 bits per heavy atom. The molecule has 0 aromatic heterocycles. The van der Waals surface area contributed by atoms with Crippen LogP contribution in [0.25, 0.3) is 0 Å². The highest BCUT2D eigenvalue weighted by molar-refractivity contribution is 6.30. The Hall–Kier alpha value is -1.59. The first-order chi connectivity index (χ1) is 13.2. The first-order valence-electron chi connectivity index (χ1n) is 9.53. The van der Waals surface area contributed by atoms with Crippen molar-refractivity contribution in [3.8, 4) is 5.75 Å². The predicted octanol–water partition coefficient (Wildman–Crippen LogP) is 4.25. The van der Waals surface area contributed by atoms with Gasteiger partial charge in [-0.2, -0.15) is 0 Å². The molecular weight excluding hydrogens is 360 g/mol. The van der Waals surface area contributed by atoms with Crippen LogP contribution in [0.2, 0.25) is 5.02 Å². The first kappa shape index (κ1) is 20.2. The summed E-state index contributed by atoms with van der Waals surface area (Å²) in [4.78, 5) is 2.52. The largest absolute Gasteiger partial charge is 0.496 e. The summed E-state index contributed by atoms with van der Waals surface area (Å²) in [6.45, 7) is 4.64. The molecule has 1 atom stereocenters. The van der Waals surface area contributed by atoms with Gasteiger partial charge in [0.2, 0.25) is 0 Å². The number of hydrogen-bond donors (Lipinski definition) is 1. The summed E-state index contributed by atoms with van der Waals surface area (Å²) in [5, 5.41) is 4.52. The van der Waals surface area contributed by atoms with Crippen LogP contribution in [0, 0.1) is 0 Å². The van der Waals surface area contributed by atoms with E-state index in [2.05, 4.69) is 34.5 Å². The number of rotatable bonds is 8. The Kier molecular flexibility index (Phi) is 7.53. The fraction of sp³-hybridized carbons (Fsp3) is 0.455. The average molecular weight is 389 g/mol. The molecule has 0 aliphatic carbocycles. The third-order valence-electron chi connectivity index (χ3n) is 5.06. The molecule has 1 aliphatic rings. The van der Waals surface area contributed by atoms with Gasteiger partial charge < -0.3 is 14.8 Å². The first-order valence-corrected chi connectivity index (χ1v) is 9.90. The van der Waals surface area contributed by atoms with Crippen molar-refractivity contribution >= 4 is 11.6 Å². The van der Waals surface area contributed by atoms with E-state index < -0.39 is 0 Å². The van der Waals surface area contributed by atoms with Gasteiger partial charge in [-0.1, -0.05) is 29.8 Å². The van der Waals surface area contributed by atoms with Crippen LogP contribution in [0.15, 0.2) is 42.5 Å². The van der Waals surface area contributed by atoms with Crippen molar-refractivity contribution in [1.82, 2.24) is 10.2 Å². The van der Waals surface area contributed by atoms with Gasteiger partial charge in [-0.05, 0) is 54.8 Å². The lowest BCUT2D eigenvalue weighted by atomic mass is 10.0. The highest BCUT2D eigenvalue weighted by Gasteiger charge is 2.19. The number of piperidine rings is 1. The van der Waals surface area contributed by atoms with E-state index in [1.54, 1.807) is 14.2 Å². The van der Waals surface area contributed by atoms with Gasteiger partial charge in [0, 0.05) is 43.4 Å². The van der Waals surface area contributed by atoms with Crippen molar-refractivity contribution in [2.75, 3.05) is 27.3 Å². The molecule has 0 radical (unpaired) electrons. The fourth-order valence-corrected chi connectivity index (χ4v) is 3.81. The van der Waals surface area contributed by atoms with E-state index in [4.69, 9.17) is 21.1 Å². The molecule has 1 heterocycles. The summed E-state index contributed by atoms with van der Waals surface area (Å²) in [5.41, 5.74) is 3.67. The van der Waals surface area contributed by atoms with Crippen LogP contribution in [-0.4, -0.2) is 38.3 Å². The van der Waals surface area contributed by atoms with Crippen molar-refractivity contribution in [2.45, 2.75) is 38.6 Å². The number of nitrogens with one attached hydrogen (secondary N) is 1. The quantitative estimate of drug-likeness (QED) is 0.733. The highest BCUT2D eigenvalue weighted by atomic mass is 35.5. The summed E-state index contributed by atoms with van der Waals surface area (Å²) < 4.78 is 10.7. The molecule has 146 valence electrons. The van der Waals surface area contributed by atoms with Crippen molar-refractivity contribution in [3.05, 3.63) is 64.2 Å². The Labute approximate surface area is 167 Å². The fourth-order valence-electron chi connectivity index (χ4n) is 3.69. The molecule has 0 saturated carbocycles. The van der Waals surface area contributed by atoms with E-state index >= 15 is 0 Å². The Morgan fingerprint density at radius 1 is 1.11 bits per heavy atom. The molecule has 1 fully saturated rings. The second-order valence-electron chi connectivity index (χ2n) is 7.16. The van der Waals surface area contributed by atoms with Gasteiger partial charge in [-0.25, -0.2) is 0 Å². The Bertz CT molecular complexity index is 721. The molecule has 5 heteroatoms. The van der Waals surface area contributed by atoms with E-state index in [1.165, 1.54) is 24.0 Å². The van der Waals surface area contributed by atoms with Crippen LogP contribution in [0.3, 0.4) is 0 Å². The summed E-state index contributed by atoms with van der Waals surface area (Å²) in [6.07, 6.45) is 2.45. The van der Waals surface area contributed by atoms with E-state index in [0.717, 1.165) is 42.5 Å². The predicted molar refractivity (Wildman–Crippen MR) is 110 cm³/mol. The second kappa shape index (κ2) is 10.1. The molecule has 0 spiro atoms. The average Bonchev–Trinajstić information content (AvgIpc) is 2.69. The molecule has 0 unspecified atom stereocenters. The number of benzene rings is 2. The summed E-state index contributed by atoms with van der Waals surface area (Å²) in [7, 11) is 3.41. The summed E-state index contributed by atoms with van der Waals surface area (Å²) in [5.74, 6) is 0.882. The molecule has 1 aliphatic heterocycles. The molecule has 1 saturated heterocycles. The van der Waals surface area contributed by atoms with Crippen LogP contribution in [0.4, 0.5) is 0 Å². The van der Waals surface area contributed by atoms with Gasteiger partial charge in [0.1, 0.15) is 5.75 Å². The van der Waals surface area contributed by atoms with Crippen LogP contribution < -0.4 is 10.1 Å². The molecule has 4 nitrogen and oxygen atoms in total. The van der Waals surface area contributed by atoms with Crippen molar-refractivity contribution in [2.24, 2.45) is 0 Å². The maximum Gasteiger partial charge on any atom is 0.124 e. The number of halogens is 1. The van der Waals surface area contributed by atoms with Gasteiger partial charge in [0.25, 0.3) is 0 Å². The van der Waals surface area contributed by atoms with Gasteiger partial charge in [-0.15, -0.1) is 0 Å². The summed E-state index contributed by atoms with van der Waals surface area (Å²) in [6, 6.07) is 15.0. The van der Waals surface area contributed by atoms with Crippen LogP contribution in [0.1, 0.15) is 29.5 Å². The topological polar surface area (TPSA) is 33.7 Å². The SMILES string of the molecule is COCc1cc(CN[C@@H]2CCCN(Cc3ccc(Cl)cc3)C2)ccc1OC. The van der Waals surface area contributed by atoms with Gasteiger partial charge in [0.05, 0.1) is 13.7 Å². The smallest absolute Gasteiger partial charge is 0.124 e. The minimum absolute atomic E-state index is 0.513. The van der Waals surface area contributed by atoms with Crippen LogP contribution in [-0.2, 0) is 24.4 Å². The number of methoxy groups -OCH3 is 2. The minimum Gasteiger partial charge on any atom is -0.496 e. The molecular formula is C22H29ClN2O2. The summed E-state index contributed by atoms with van der Waals surface area (Å²) >= 11 is 5.99. The van der Waals surface area contributed by atoms with E-state index in [-0.39, 0.29) is 0 Å². The molecule has 3 rings (SSSR count). The molecule has 2 aromatic carbocycles. The Balaban J connectivity index is 1.53. The van der Waals surface area contributed by atoms with Gasteiger partial charge in [0.15, 0.2) is 0 Å². The van der Waals surface area contributed by atoms with Crippen LogP contribution >= 0.6 is 11.6 Å². The van der Waals surface area contributed by atoms with E-state index in [0.29, 0.717) is 12.6 Å². The molecule has 2 aromatic rings. The molecule has 0 bridgehead atoms. The second-order valence-corrected chi connectivity index (χ2v) is 7.60. The number of hydrogen-bond acceptors (Lipinski definition) is 4. The van der Waals surface area contributed by atoms with Gasteiger partial charge in [-0.3, -0.25) is 4.90 Å². The standard InChI is InChI=1S/C22H29ClN2O2/c1-26-16-19-12-18(7-10-22(19)27-2)13-24-21-4-3-11-25(15-21)14-17-5-8-20(23)9-6-17/h5-10,12,21,24H,3-4,11,13-16H2,1-2H3/t21-/m1/s1. The van der Waals surface area contributed by atoms with Gasteiger partial charge >= 0.3 is 0 Å². The highest BCUT2D eigenvalue weighted by Crippen LogP contribution is 2.21. The Morgan fingerprint density at radius 3 is 2.63 bits per heavy atom. The minimum atomic E-state index is 0.513. The van der Waals surface area contributed by atoms with Crippen molar-refractivity contribution < 1.29 is 9.47 Å². The van der Waals surface area contributed by atoms with Crippen molar-refractivity contribution in [3.63, 3.8) is 0 Å². The molecule has 1 N–H and O–H groups in total. The van der Waals surface area contributed by atoms with E-state index in [9.17, 15) is 0 Å². The third kappa shape index (κ3) is 5.94. The van der Waals surface area contributed by atoms with Crippen LogP contribution in [0.5, 0.6) is 5.75 Å².